The molecule has 49 heavy (non-hydrogen) atoms. The summed E-state index contributed by atoms with van der Waals surface area (Å²) in [5.41, 5.74) is 8.51. The van der Waals surface area contributed by atoms with Gasteiger partial charge in [0.2, 0.25) is 23.6 Å². The van der Waals surface area contributed by atoms with Gasteiger partial charge in [-0.15, -0.1) is 0 Å². The minimum atomic E-state index is -1.41. The first-order valence-corrected chi connectivity index (χ1v) is 17.2. The molecule has 1 fully saturated rings. The highest BCUT2D eigenvalue weighted by Gasteiger charge is 2.39. The summed E-state index contributed by atoms with van der Waals surface area (Å²) in [6.45, 7) is 8.04. The van der Waals surface area contributed by atoms with Crippen molar-refractivity contribution in [2.24, 2.45) is 11.7 Å². The van der Waals surface area contributed by atoms with Gasteiger partial charge in [0, 0.05) is 19.4 Å². The molecule has 0 spiro atoms. The van der Waals surface area contributed by atoms with Crippen molar-refractivity contribution in [2.75, 3.05) is 16.3 Å². The molecule has 0 radical (unpaired) electrons. The van der Waals surface area contributed by atoms with E-state index in [1.165, 1.54) is 0 Å². The van der Waals surface area contributed by atoms with Crippen molar-refractivity contribution in [3.8, 4) is 0 Å². The molecule has 3 heterocycles. The van der Waals surface area contributed by atoms with Crippen molar-refractivity contribution < 1.29 is 34.2 Å². The van der Waals surface area contributed by atoms with Gasteiger partial charge in [-0.25, -0.2) is 4.79 Å². The number of nitrogens with zero attached hydrogens (tertiary/aromatic N) is 2. The predicted octanol–water partition coefficient (Wildman–Crippen LogP) is 3.52. The number of benzene rings is 2. The van der Waals surface area contributed by atoms with Crippen LogP contribution in [0.3, 0.4) is 0 Å². The molecule has 12 nitrogen and oxygen atoms in total. The van der Waals surface area contributed by atoms with Crippen molar-refractivity contribution in [1.29, 1.82) is 0 Å². The first-order chi connectivity index (χ1) is 23.2. The maximum absolute atomic E-state index is 13.9. The molecule has 3 atom stereocenters. The van der Waals surface area contributed by atoms with Crippen LogP contribution in [0.1, 0.15) is 69.8 Å². The Balaban J connectivity index is 0.000000418. The van der Waals surface area contributed by atoms with Crippen molar-refractivity contribution in [3.63, 3.8) is 0 Å². The highest BCUT2D eigenvalue weighted by Crippen LogP contribution is 2.40. The van der Waals surface area contributed by atoms with Crippen molar-refractivity contribution in [1.82, 2.24) is 10.6 Å². The first kappa shape index (κ1) is 37.2. The van der Waals surface area contributed by atoms with Crippen LogP contribution in [0.5, 0.6) is 0 Å². The Labute approximate surface area is 290 Å². The van der Waals surface area contributed by atoms with Gasteiger partial charge in [-0.3, -0.25) is 19.2 Å². The van der Waals surface area contributed by atoms with Gasteiger partial charge in [-0.2, -0.15) is 11.3 Å². The Morgan fingerprint density at radius 1 is 1.06 bits per heavy atom. The average Bonchev–Trinajstić information content (AvgIpc) is 3.73. The van der Waals surface area contributed by atoms with Gasteiger partial charge in [-0.1, -0.05) is 56.3 Å². The largest absolute Gasteiger partial charge is 0.479 e. The van der Waals surface area contributed by atoms with Crippen LogP contribution in [0, 0.1) is 5.92 Å². The summed E-state index contributed by atoms with van der Waals surface area (Å²) >= 11 is 1.55. The number of aliphatic hydroxyl groups is 1. The lowest BCUT2D eigenvalue weighted by atomic mass is 9.94. The topological polar surface area (TPSA) is 182 Å². The Kier molecular flexibility index (Phi) is 12.3. The second-order valence-electron chi connectivity index (χ2n) is 13.3. The summed E-state index contributed by atoms with van der Waals surface area (Å²) < 4.78 is 0. The lowest BCUT2D eigenvalue weighted by Gasteiger charge is -2.37. The molecule has 3 aromatic rings. The second kappa shape index (κ2) is 16.2. The number of rotatable bonds is 11. The fourth-order valence-electron chi connectivity index (χ4n) is 5.71. The van der Waals surface area contributed by atoms with Crippen LogP contribution >= 0.6 is 11.3 Å². The summed E-state index contributed by atoms with van der Waals surface area (Å²) in [4.78, 5) is 66.2. The fraction of sp³-hybridized carbons (Fsp3) is 0.417. The van der Waals surface area contributed by atoms with Gasteiger partial charge >= 0.3 is 5.97 Å². The number of anilines is 2. The number of hydrogen-bond donors (Lipinski definition) is 5. The van der Waals surface area contributed by atoms with E-state index in [2.05, 4.69) is 10.6 Å². The number of para-hydroxylation sites is 1. The zero-order valence-corrected chi connectivity index (χ0v) is 29.0. The zero-order valence-electron chi connectivity index (χ0n) is 28.2. The quantitative estimate of drug-likeness (QED) is 0.202. The smallest absolute Gasteiger partial charge is 0.337 e. The van der Waals surface area contributed by atoms with E-state index in [0.29, 0.717) is 37.9 Å². The van der Waals surface area contributed by atoms with E-state index in [1.807, 2.05) is 48.9 Å². The highest BCUT2D eigenvalue weighted by molar-refractivity contribution is 7.07. The normalized spacial score (nSPS) is 17.2. The number of aliphatic carboxylic acids is 1. The van der Waals surface area contributed by atoms with Crippen LogP contribution in [0.2, 0.25) is 0 Å². The summed E-state index contributed by atoms with van der Waals surface area (Å²) in [5, 5.41) is 27.0. The van der Waals surface area contributed by atoms with Gasteiger partial charge < -0.3 is 36.4 Å². The summed E-state index contributed by atoms with van der Waals surface area (Å²) in [6.07, 6.45) is 0.563. The van der Waals surface area contributed by atoms with Gasteiger partial charge in [0.05, 0.1) is 23.5 Å². The minimum absolute atomic E-state index is 0.0480. The number of hydrogen-bond acceptors (Lipinski definition) is 8. The van der Waals surface area contributed by atoms with E-state index in [0.717, 1.165) is 28.9 Å². The molecule has 1 aromatic heterocycles. The lowest BCUT2D eigenvalue weighted by Crippen LogP contribution is -2.59. The molecule has 1 unspecified atom stereocenters. The second-order valence-corrected chi connectivity index (χ2v) is 14.1. The third-order valence-corrected chi connectivity index (χ3v) is 8.95. The molecule has 0 bridgehead atoms. The molecule has 6 N–H and O–H groups in total. The number of nitrogens with two attached hydrogens (primary N) is 1. The number of carbonyl (C=O) groups excluding carboxylic acids is 4. The number of thiophene rings is 1. The molecule has 13 heteroatoms. The highest BCUT2D eigenvalue weighted by atomic mass is 32.1. The summed E-state index contributed by atoms with van der Waals surface area (Å²) in [5.74, 6) is -2.14. The summed E-state index contributed by atoms with van der Waals surface area (Å²) in [6, 6.07) is 14.3. The van der Waals surface area contributed by atoms with Crippen LogP contribution in [0.25, 0.3) is 0 Å². The maximum atomic E-state index is 13.9. The SMILES string of the molecule is CC(C)C[C@@H](NC(=O)C(C)(C)N)C(=O)NC1Cc2cccc(N3CCCC3=O)c2N(Cc2ccsc2)C1=O.O=C(O)[C@H](O)c1ccccc1. The van der Waals surface area contributed by atoms with E-state index in [1.54, 1.807) is 65.3 Å². The third kappa shape index (κ3) is 9.52. The number of nitrogens with one attached hydrogen (secondary N) is 2. The standard InChI is InChI=1S/C28H37N5O4S.C8H8O3/c1-17(2)13-20(31-27(37)28(3,4)29)25(35)30-21-14-19-7-5-8-22(32-11-6-9-23(32)34)24(19)33(26(21)36)15-18-10-12-38-16-18;9-7(8(10)11)6-4-2-1-3-5-6/h5,7-8,10,12,16-17,20-21H,6,9,11,13-15,29H2,1-4H3,(H,30,35)(H,31,37);1-5,7,9H,(H,10,11)/t20-,21?;7-/m11/s1. The van der Waals surface area contributed by atoms with E-state index in [-0.39, 0.29) is 17.7 Å². The van der Waals surface area contributed by atoms with Crippen LogP contribution in [0.4, 0.5) is 11.4 Å². The number of fused-ring (bicyclic) bond motifs is 1. The monoisotopic (exact) mass is 691 g/mol. The molecule has 0 saturated carbocycles. The van der Waals surface area contributed by atoms with Crippen LogP contribution in [0.15, 0.2) is 65.4 Å². The Morgan fingerprint density at radius 3 is 2.35 bits per heavy atom. The van der Waals surface area contributed by atoms with Crippen molar-refractivity contribution in [3.05, 3.63) is 82.0 Å². The fourth-order valence-corrected chi connectivity index (χ4v) is 6.37. The van der Waals surface area contributed by atoms with Gasteiger partial charge in [0.1, 0.15) is 12.1 Å². The Bertz CT molecular complexity index is 1640. The van der Waals surface area contributed by atoms with E-state index in [9.17, 15) is 24.0 Å². The first-order valence-electron chi connectivity index (χ1n) is 16.3. The molecule has 5 rings (SSSR count). The van der Waals surface area contributed by atoms with Crippen LogP contribution in [-0.4, -0.2) is 64.0 Å². The number of carboxylic acid groups (broad SMARTS) is 1. The molecule has 262 valence electrons. The van der Waals surface area contributed by atoms with Gasteiger partial charge in [-0.05, 0) is 72.2 Å². The minimum Gasteiger partial charge on any atom is -0.479 e. The van der Waals surface area contributed by atoms with Crippen molar-refractivity contribution in [2.45, 2.75) is 83.6 Å². The third-order valence-electron chi connectivity index (χ3n) is 8.22. The molecular formula is C36H45N5O7S. The van der Waals surface area contributed by atoms with Gasteiger partial charge in [0.25, 0.3) is 0 Å². The molecule has 4 amide bonds. The number of amides is 4. The Morgan fingerprint density at radius 2 is 1.78 bits per heavy atom. The van der Waals surface area contributed by atoms with Crippen molar-refractivity contribution >= 4 is 52.3 Å². The van der Waals surface area contributed by atoms with E-state index >= 15 is 0 Å². The Hall–Kier alpha value is -4.59. The summed E-state index contributed by atoms with van der Waals surface area (Å²) in [7, 11) is 0. The maximum Gasteiger partial charge on any atom is 0.337 e. The molecule has 1 saturated heterocycles. The lowest BCUT2D eigenvalue weighted by molar-refractivity contribution is -0.147. The van der Waals surface area contributed by atoms with Crippen LogP contribution < -0.4 is 26.2 Å². The number of aliphatic hydroxyl groups excluding tert-OH is 1. The number of carbonyl (C=O) groups is 5. The average molecular weight is 692 g/mol. The van der Waals surface area contributed by atoms with E-state index in [4.69, 9.17) is 15.9 Å². The van der Waals surface area contributed by atoms with Crippen LogP contribution in [-0.2, 0) is 36.9 Å². The zero-order chi connectivity index (χ0) is 35.9. The number of carboxylic acids is 1. The molecule has 2 aliphatic heterocycles. The molecular weight excluding hydrogens is 646 g/mol. The van der Waals surface area contributed by atoms with E-state index < -0.39 is 41.5 Å². The molecule has 2 aromatic carbocycles. The molecule has 2 aliphatic rings. The van der Waals surface area contributed by atoms with Gasteiger partial charge in [0.15, 0.2) is 6.10 Å². The predicted molar refractivity (Wildman–Crippen MR) is 188 cm³/mol. The molecule has 0 aliphatic carbocycles.